The standard InChI is InChI=1S/C17H25NO4S.C16H16O2S.C14H20O2S.C12H12N2OS.C11H11NO3S3.C10H8FNOS.C9H8Cl2OS/c1-3-21-16-11-15(18-5-7-20-8-6-18)17(22-4-2)10-13(16)9-14(19)12-23;1-18-16-8-7-13(12-5-3-2-4-6-12)9-14(16)10-15(17)11-19;1-14(2,3)11-5-6-13(16-4)10(7-11)8-12(15)9-17;15-12(8-16)7-10-1-3-11(4-2-10)14-6-5-13-9-14;1-18(14,15)8-2-3-9-10(5-8)17-11(12-9)4-7(13)6-16;11-10-3-1-2-7(9(10)5-12)4-8(13)6-14;10-8-2-1-6(4-9(8)11)3-7(12)5-13/h10-11,23H,3-9,12H2,1-2H3;2-9,19H,10-11H2,1H3;5-7,17H,8-9H2,1-4H3;1-6,9,16H,7-8H2;2-3,5,16H,4,6H2,1H3;1-3,14H,4,6H2;1-2,4,13H,3,5H2. The molecule has 0 saturated carbocycles. The van der Waals surface area contributed by atoms with Crippen molar-refractivity contribution in [2.75, 3.05) is 105 Å². The Kier molecular flexibility index (Phi) is 45.9. The SMILES string of the molecule is CCOc1cc(N2CCOCC2)c(OCC)cc1CC(=O)CS.COc1ccc(-c2ccccc2)cc1CC(=O)CS.COc1ccc(C(C)(C)C)cc1CC(=O)CS.CS(=O)(=O)c1ccc2nc(CC(=O)CS)sc2c1.N#Cc1c(F)cccc1CC(=O)CS.O=C(CS)Cc1ccc(-n2ccnc2)cc1.O=C(CS)Cc1ccc(Cl)c(Cl)c1. The molecule has 120 heavy (non-hydrogen) atoms. The number of Topliss-reactive ketones (excluding diaryl/α,β-unsaturated/α-hetero) is 7. The average Bonchev–Trinajstić information content (AvgIpc) is 0.831. The van der Waals surface area contributed by atoms with Gasteiger partial charge in [0, 0.05) is 139 Å². The van der Waals surface area contributed by atoms with E-state index in [0.29, 0.717) is 84.9 Å². The molecule has 2 aromatic heterocycles. The van der Waals surface area contributed by atoms with Gasteiger partial charge in [0.15, 0.2) is 9.84 Å². The van der Waals surface area contributed by atoms with Crippen LogP contribution >= 0.6 is 123 Å². The quantitative estimate of drug-likeness (QED) is 0.0199. The Hall–Kier alpha value is -8.09. The summed E-state index contributed by atoms with van der Waals surface area (Å²) in [5.41, 5.74) is 11.2. The van der Waals surface area contributed by atoms with Gasteiger partial charge in [-0.2, -0.15) is 93.7 Å². The summed E-state index contributed by atoms with van der Waals surface area (Å²) in [7, 11) is 0.0300. The number of ketones is 7. The van der Waals surface area contributed by atoms with Crippen LogP contribution in [0.1, 0.15) is 84.1 Å². The summed E-state index contributed by atoms with van der Waals surface area (Å²) >= 11 is 40.5. The monoisotopic (exact) mass is 1840 g/mol. The fourth-order valence-electron chi connectivity index (χ4n) is 11.3. The van der Waals surface area contributed by atoms with Crippen molar-refractivity contribution >= 4 is 189 Å². The van der Waals surface area contributed by atoms with Gasteiger partial charge in [0.1, 0.15) is 80.4 Å². The van der Waals surface area contributed by atoms with Gasteiger partial charge >= 0.3 is 0 Å². The summed E-state index contributed by atoms with van der Waals surface area (Å²) < 4.78 is 66.2. The summed E-state index contributed by atoms with van der Waals surface area (Å²) in [6, 6.07) is 49.8. The lowest BCUT2D eigenvalue weighted by molar-refractivity contribution is -0.116. The number of sulfone groups is 1. The number of thiazole rings is 1. The second-order valence-corrected chi connectivity index (χ2v) is 33.6. The molecule has 640 valence electrons. The molecule has 0 bridgehead atoms. The smallest absolute Gasteiger partial charge is 0.175 e. The number of aromatic nitrogens is 3. The highest BCUT2D eigenvalue weighted by atomic mass is 35.5. The summed E-state index contributed by atoms with van der Waals surface area (Å²) in [5, 5.41) is 10.3. The highest BCUT2D eigenvalue weighted by Gasteiger charge is 2.23. The van der Waals surface area contributed by atoms with Crippen molar-refractivity contribution in [3.8, 4) is 45.9 Å². The van der Waals surface area contributed by atoms with Gasteiger partial charge in [0.25, 0.3) is 0 Å². The Morgan fingerprint density at radius 2 is 1.07 bits per heavy atom. The third-order valence-electron chi connectivity index (χ3n) is 17.3. The maximum absolute atomic E-state index is 13.1. The fourth-order valence-corrected chi connectivity index (χ4v) is 14.1. The van der Waals surface area contributed by atoms with E-state index >= 15 is 0 Å². The van der Waals surface area contributed by atoms with Gasteiger partial charge in [0.05, 0.1) is 89.8 Å². The van der Waals surface area contributed by atoms with Crippen molar-refractivity contribution in [2.24, 2.45) is 0 Å². The molecule has 1 fully saturated rings. The zero-order chi connectivity index (χ0) is 88.5. The van der Waals surface area contributed by atoms with Gasteiger partial charge < -0.3 is 33.2 Å². The van der Waals surface area contributed by atoms with E-state index in [4.69, 9.17) is 52.1 Å². The van der Waals surface area contributed by atoms with Crippen LogP contribution in [0.5, 0.6) is 23.0 Å². The van der Waals surface area contributed by atoms with E-state index in [2.05, 4.69) is 130 Å². The van der Waals surface area contributed by atoms with Crippen LogP contribution in [0.2, 0.25) is 10.0 Å². The first-order chi connectivity index (χ1) is 57.3. The highest BCUT2D eigenvalue weighted by molar-refractivity contribution is 7.90. The Morgan fingerprint density at radius 1 is 0.550 bits per heavy atom. The maximum Gasteiger partial charge on any atom is 0.175 e. The van der Waals surface area contributed by atoms with Crippen LogP contribution in [0.25, 0.3) is 27.0 Å². The summed E-state index contributed by atoms with van der Waals surface area (Å²) in [6.45, 7) is 14.5. The minimum Gasteiger partial charge on any atom is -0.496 e. The predicted molar refractivity (Wildman–Crippen MR) is 504 cm³/mol. The van der Waals surface area contributed by atoms with Crippen LogP contribution in [0.3, 0.4) is 0 Å². The molecule has 0 N–H and O–H groups in total. The zero-order valence-electron chi connectivity index (χ0n) is 67.9. The molecule has 31 heteroatoms. The minimum atomic E-state index is -3.21. The number of rotatable bonds is 31. The van der Waals surface area contributed by atoms with Crippen molar-refractivity contribution in [2.45, 2.75) is 89.9 Å². The molecule has 3 heterocycles. The minimum absolute atomic E-state index is 0.000672. The molecular weight excluding hydrogens is 1740 g/mol. The van der Waals surface area contributed by atoms with Crippen LogP contribution in [0, 0.1) is 17.1 Å². The lowest BCUT2D eigenvalue weighted by Crippen LogP contribution is -2.36. The molecule has 0 unspecified atom stereocenters. The number of ether oxygens (including phenoxy) is 5. The number of nitriles is 1. The summed E-state index contributed by atoms with van der Waals surface area (Å²) in [5.74, 6) is 4.38. The second kappa shape index (κ2) is 53.7. The maximum atomic E-state index is 13.1. The number of hydrogen-bond acceptors (Lipinski definition) is 26. The summed E-state index contributed by atoms with van der Waals surface area (Å²) in [4.78, 5) is 90.2. The molecule has 0 amide bonds. The number of benzene rings is 8. The normalized spacial score (nSPS) is 11.4. The fraction of sp³-hybridized carbons (Fsp3) is 0.326. The number of morpholine rings is 1. The molecule has 10 aromatic rings. The van der Waals surface area contributed by atoms with E-state index in [9.17, 15) is 46.4 Å². The van der Waals surface area contributed by atoms with Crippen LogP contribution in [0.4, 0.5) is 10.1 Å². The number of hydrogen-bond donors (Lipinski definition) is 7. The molecule has 8 aromatic carbocycles. The molecule has 1 aliphatic heterocycles. The summed E-state index contributed by atoms with van der Waals surface area (Å²) in [6.07, 6.45) is 8.70. The van der Waals surface area contributed by atoms with Crippen molar-refractivity contribution in [3.05, 3.63) is 242 Å². The van der Waals surface area contributed by atoms with Crippen LogP contribution in [-0.4, -0.2) is 164 Å². The van der Waals surface area contributed by atoms with Gasteiger partial charge in [-0.1, -0.05) is 123 Å². The first-order valence-corrected chi connectivity index (χ1v) is 45.5. The molecule has 1 aliphatic rings. The van der Waals surface area contributed by atoms with Gasteiger partial charge in [-0.25, -0.2) is 22.8 Å². The van der Waals surface area contributed by atoms with Crippen molar-refractivity contribution in [3.63, 3.8) is 0 Å². The molecule has 0 aliphatic carbocycles. The number of fused-ring (bicyclic) bond motifs is 1. The largest absolute Gasteiger partial charge is 0.496 e. The molecule has 19 nitrogen and oxygen atoms in total. The number of thiol groups is 7. The Balaban J connectivity index is 0.000000251. The number of imidazole rings is 1. The molecule has 0 atom stereocenters. The first kappa shape index (κ1) is 102. The number of nitrogens with zero attached hydrogens (tertiary/aromatic N) is 5. The van der Waals surface area contributed by atoms with E-state index in [1.54, 1.807) is 69.2 Å². The molecule has 0 radical (unpaired) electrons. The molecule has 1 saturated heterocycles. The van der Waals surface area contributed by atoms with E-state index < -0.39 is 15.7 Å². The lowest BCUT2D eigenvalue weighted by atomic mass is 9.85. The number of methoxy groups -OCH3 is 2. The average molecular weight is 1840 g/mol. The van der Waals surface area contributed by atoms with Crippen molar-refractivity contribution in [1.82, 2.24) is 14.5 Å². The predicted octanol–water partition coefficient (Wildman–Crippen LogP) is 17.2. The molecular formula is C89H100Cl2FN5O14S9. The van der Waals surface area contributed by atoms with Crippen LogP contribution < -0.4 is 23.8 Å². The third-order valence-corrected chi connectivity index (χ3v) is 22.7. The number of halogens is 3. The molecule has 11 rings (SSSR count). The van der Waals surface area contributed by atoms with Gasteiger partial charge in [-0.3, -0.25) is 33.6 Å². The van der Waals surface area contributed by atoms with Gasteiger partial charge in [-0.15, -0.1) is 11.3 Å². The van der Waals surface area contributed by atoms with E-state index in [1.807, 2.05) is 122 Å². The second-order valence-electron chi connectivity index (χ2n) is 27.5. The van der Waals surface area contributed by atoms with Crippen LogP contribution in [-0.2, 0) is 98.5 Å². The molecule has 0 spiro atoms. The van der Waals surface area contributed by atoms with Crippen molar-refractivity contribution < 1.29 is 70.1 Å². The Labute approximate surface area is 755 Å². The lowest BCUT2D eigenvalue weighted by Gasteiger charge is -2.31. The zero-order valence-corrected chi connectivity index (χ0v) is 77.3. The van der Waals surface area contributed by atoms with E-state index in [0.717, 1.165) is 96.6 Å². The number of carbonyl (C=O) groups excluding carboxylic acids is 7. The first-order valence-electron chi connectivity index (χ1n) is 37.6. The van der Waals surface area contributed by atoms with E-state index in [-0.39, 0.29) is 104 Å². The highest BCUT2D eigenvalue weighted by Crippen LogP contribution is 2.38. The number of carbonyl (C=O) groups is 7. The van der Waals surface area contributed by atoms with Crippen LogP contribution in [0.15, 0.2) is 181 Å². The Bertz CT molecular complexity index is 5180. The van der Waals surface area contributed by atoms with Gasteiger partial charge in [-0.05, 0) is 125 Å². The Morgan fingerprint density at radius 3 is 1.58 bits per heavy atom. The number of anilines is 1. The third kappa shape index (κ3) is 35.0. The van der Waals surface area contributed by atoms with Gasteiger partial charge in [0.2, 0.25) is 0 Å². The van der Waals surface area contributed by atoms with E-state index in [1.165, 1.54) is 41.4 Å². The van der Waals surface area contributed by atoms with Crippen molar-refractivity contribution in [1.29, 1.82) is 5.26 Å². The topological polar surface area (TPSA) is 258 Å².